The first-order chi connectivity index (χ1) is 12.9. The van der Waals surface area contributed by atoms with E-state index < -0.39 is 15.4 Å². The molecule has 27 heavy (non-hydrogen) atoms. The molecule has 0 saturated heterocycles. The smallest absolute Gasteiger partial charge is 0.267 e. The molecule has 0 aliphatic rings. The van der Waals surface area contributed by atoms with E-state index in [4.69, 9.17) is 4.55 Å². The van der Waals surface area contributed by atoms with E-state index in [2.05, 4.69) is 6.92 Å². The molecule has 4 nitrogen and oxygen atoms in total. The zero-order chi connectivity index (χ0) is 20.4. The number of aliphatic hydroxyl groups is 1. The van der Waals surface area contributed by atoms with Gasteiger partial charge >= 0.3 is 0 Å². The molecule has 0 fully saturated rings. The molecule has 0 aliphatic carbocycles. The van der Waals surface area contributed by atoms with Crippen LogP contribution in [0.5, 0.6) is 0 Å². The van der Waals surface area contributed by atoms with Gasteiger partial charge in [-0.05, 0) is 32.1 Å². The van der Waals surface area contributed by atoms with Gasteiger partial charge in [0.15, 0.2) is 0 Å². The Kier molecular flexibility index (Phi) is 17.8. The Bertz CT molecular complexity index is 409. The zero-order valence-corrected chi connectivity index (χ0v) is 18.8. The fourth-order valence-electron chi connectivity index (χ4n) is 3.69. The maximum atomic E-state index is 11.1. The lowest BCUT2D eigenvalue weighted by Gasteiger charge is -2.14. The van der Waals surface area contributed by atoms with Gasteiger partial charge < -0.3 is 5.11 Å². The van der Waals surface area contributed by atoms with Crippen molar-refractivity contribution in [2.75, 3.05) is 0 Å². The van der Waals surface area contributed by atoms with E-state index in [1.807, 2.05) is 0 Å². The first kappa shape index (κ1) is 26.9. The molecule has 0 saturated carbocycles. The number of hydrogen-bond acceptors (Lipinski definition) is 3. The van der Waals surface area contributed by atoms with Gasteiger partial charge in [0.1, 0.15) is 0 Å². The summed E-state index contributed by atoms with van der Waals surface area (Å²) in [5.41, 5.74) is 0. The van der Waals surface area contributed by atoms with Crippen LogP contribution in [0.1, 0.15) is 129 Å². The summed E-state index contributed by atoms with van der Waals surface area (Å²) < 4.78 is 31.4. The third-order valence-electron chi connectivity index (χ3n) is 5.58. The highest BCUT2D eigenvalue weighted by Crippen LogP contribution is 2.17. The van der Waals surface area contributed by atoms with E-state index in [0.29, 0.717) is 25.7 Å². The molecular formula is C22H46O4S. The van der Waals surface area contributed by atoms with Crippen LogP contribution in [-0.4, -0.2) is 29.4 Å². The van der Waals surface area contributed by atoms with Gasteiger partial charge in [-0.15, -0.1) is 0 Å². The molecule has 0 radical (unpaired) electrons. The van der Waals surface area contributed by atoms with Crippen molar-refractivity contribution in [2.45, 2.75) is 141 Å². The van der Waals surface area contributed by atoms with Crippen LogP contribution in [0.25, 0.3) is 0 Å². The van der Waals surface area contributed by atoms with E-state index in [1.54, 1.807) is 6.92 Å². The molecule has 0 heterocycles. The van der Waals surface area contributed by atoms with Crippen LogP contribution in [0.15, 0.2) is 0 Å². The third kappa shape index (κ3) is 17.7. The van der Waals surface area contributed by atoms with Gasteiger partial charge in [-0.1, -0.05) is 97.3 Å². The summed E-state index contributed by atoms with van der Waals surface area (Å²) in [6, 6.07) is 0. The highest BCUT2D eigenvalue weighted by Gasteiger charge is 2.20. The average molecular weight is 407 g/mol. The first-order valence-electron chi connectivity index (χ1n) is 11.6. The van der Waals surface area contributed by atoms with Crippen LogP contribution in [0.4, 0.5) is 0 Å². The molecule has 0 aromatic carbocycles. The molecule has 0 rings (SSSR count). The van der Waals surface area contributed by atoms with Gasteiger partial charge in [-0.3, -0.25) is 4.55 Å². The number of unbranched alkanes of at least 4 members (excludes halogenated alkanes) is 12. The quantitative estimate of drug-likeness (QED) is 0.175. The van der Waals surface area contributed by atoms with Gasteiger partial charge in [-0.2, -0.15) is 8.42 Å². The van der Waals surface area contributed by atoms with Crippen molar-refractivity contribution in [3.8, 4) is 0 Å². The molecule has 2 unspecified atom stereocenters. The SMILES string of the molecule is CCCCCCCCCCCCCCCC(O)CCCC(CC)S(=O)(=O)O. The topological polar surface area (TPSA) is 74.6 Å². The van der Waals surface area contributed by atoms with Crippen molar-refractivity contribution >= 4 is 10.1 Å². The van der Waals surface area contributed by atoms with Crippen LogP contribution in [-0.2, 0) is 10.1 Å². The molecule has 0 spiro atoms. The lowest BCUT2D eigenvalue weighted by molar-refractivity contribution is 0.147. The Hall–Kier alpha value is -0.130. The second-order valence-corrected chi connectivity index (χ2v) is 9.86. The van der Waals surface area contributed by atoms with Crippen LogP contribution in [0.2, 0.25) is 0 Å². The van der Waals surface area contributed by atoms with E-state index in [9.17, 15) is 13.5 Å². The predicted octanol–water partition coefficient (Wildman–Crippen LogP) is 6.67. The third-order valence-corrected chi connectivity index (χ3v) is 6.99. The Morgan fingerprint density at radius 1 is 0.630 bits per heavy atom. The lowest BCUT2D eigenvalue weighted by atomic mass is 10.0. The second kappa shape index (κ2) is 17.9. The van der Waals surface area contributed by atoms with Gasteiger partial charge in [0.05, 0.1) is 11.4 Å². The highest BCUT2D eigenvalue weighted by molar-refractivity contribution is 7.86. The summed E-state index contributed by atoms with van der Waals surface area (Å²) >= 11 is 0. The van der Waals surface area contributed by atoms with Crippen molar-refractivity contribution in [3.63, 3.8) is 0 Å². The van der Waals surface area contributed by atoms with Gasteiger partial charge in [0.2, 0.25) is 0 Å². The monoisotopic (exact) mass is 406 g/mol. The summed E-state index contributed by atoms with van der Waals surface area (Å²) in [5, 5.41) is 9.32. The fraction of sp³-hybridized carbons (Fsp3) is 1.00. The largest absolute Gasteiger partial charge is 0.393 e. The van der Waals surface area contributed by atoms with Gasteiger partial charge in [0.25, 0.3) is 10.1 Å². The molecular weight excluding hydrogens is 360 g/mol. The van der Waals surface area contributed by atoms with E-state index in [1.165, 1.54) is 77.0 Å². The lowest BCUT2D eigenvalue weighted by Crippen LogP contribution is -2.20. The van der Waals surface area contributed by atoms with Crippen LogP contribution in [0.3, 0.4) is 0 Å². The fourth-order valence-corrected chi connectivity index (χ4v) is 4.57. The molecule has 2 N–H and O–H groups in total. The standard InChI is InChI=1S/C22H46O4S/c1-3-5-6-7-8-9-10-11-12-13-14-15-16-18-21(23)19-17-20-22(4-2)27(24,25)26/h21-23H,3-20H2,1-2H3,(H,24,25,26). The summed E-state index contributed by atoms with van der Waals surface area (Å²) in [4.78, 5) is 0. The van der Waals surface area contributed by atoms with Crippen molar-refractivity contribution in [2.24, 2.45) is 0 Å². The van der Waals surface area contributed by atoms with Crippen molar-refractivity contribution in [1.82, 2.24) is 0 Å². The first-order valence-corrected chi connectivity index (χ1v) is 13.1. The van der Waals surface area contributed by atoms with Crippen LogP contribution < -0.4 is 0 Å². The van der Waals surface area contributed by atoms with Crippen molar-refractivity contribution in [1.29, 1.82) is 0 Å². The average Bonchev–Trinajstić information content (AvgIpc) is 2.61. The normalized spacial score (nSPS) is 14.4. The summed E-state index contributed by atoms with van der Waals surface area (Å²) in [5.74, 6) is 0. The van der Waals surface area contributed by atoms with E-state index >= 15 is 0 Å². The van der Waals surface area contributed by atoms with Gasteiger partial charge in [0, 0.05) is 0 Å². The number of aliphatic hydroxyl groups excluding tert-OH is 1. The van der Waals surface area contributed by atoms with Crippen LogP contribution in [0, 0.1) is 0 Å². The number of rotatable bonds is 20. The molecule has 5 heteroatoms. The Balaban J connectivity index is 3.38. The minimum absolute atomic E-state index is 0.336. The molecule has 0 aromatic rings. The molecule has 0 aromatic heterocycles. The van der Waals surface area contributed by atoms with Crippen molar-refractivity contribution in [3.05, 3.63) is 0 Å². The molecule has 2 atom stereocenters. The second-order valence-electron chi connectivity index (χ2n) is 8.16. The minimum Gasteiger partial charge on any atom is -0.393 e. The molecule has 0 aliphatic heterocycles. The van der Waals surface area contributed by atoms with Crippen molar-refractivity contribution < 1.29 is 18.1 Å². The van der Waals surface area contributed by atoms with E-state index in [-0.39, 0.29) is 6.10 Å². The molecule has 164 valence electrons. The summed E-state index contributed by atoms with van der Waals surface area (Å²) in [6.07, 6.45) is 19.8. The molecule has 0 bridgehead atoms. The Labute approximate surface area is 169 Å². The maximum Gasteiger partial charge on any atom is 0.267 e. The zero-order valence-electron chi connectivity index (χ0n) is 18.0. The summed E-state index contributed by atoms with van der Waals surface area (Å²) in [6.45, 7) is 4.03. The minimum atomic E-state index is -3.94. The van der Waals surface area contributed by atoms with Crippen LogP contribution >= 0.6 is 0 Å². The van der Waals surface area contributed by atoms with E-state index in [0.717, 1.165) is 12.8 Å². The molecule has 0 amide bonds. The highest BCUT2D eigenvalue weighted by atomic mass is 32.2. The Morgan fingerprint density at radius 3 is 1.44 bits per heavy atom. The summed E-state index contributed by atoms with van der Waals surface area (Å²) in [7, 11) is -3.94. The van der Waals surface area contributed by atoms with Gasteiger partial charge in [-0.25, -0.2) is 0 Å². The maximum absolute atomic E-state index is 11.1. The predicted molar refractivity (Wildman–Crippen MR) is 116 cm³/mol. The Morgan fingerprint density at radius 2 is 1.04 bits per heavy atom. The number of hydrogen-bond donors (Lipinski definition) is 2.